The Morgan fingerprint density at radius 3 is 2.67 bits per heavy atom. The van der Waals surface area contributed by atoms with Crippen molar-refractivity contribution in [3.05, 3.63) is 52.1 Å². The van der Waals surface area contributed by atoms with Crippen LogP contribution in [-0.4, -0.2) is 30.1 Å². The molecule has 1 saturated heterocycles. The molecule has 24 heavy (non-hydrogen) atoms. The maximum atomic E-state index is 12.2. The highest BCUT2D eigenvalue weighted by molar-refractivity contribution is 6.35. The van der Waals surface area contributed by atoms with Crippen molar-refractivity contribution in [1.29, 1.82) is 0 Å². The van der Waals surface area contributed by atoms with Crippen LogP contribution >= 0.6 is 23.2 Å². The Labute approximate surface area is 150 Å². The topological polar surface area (TPSA) is 63.2 Å². The Balaban J connectivity index is 1.58. The lowest BCUT2D eigenvalue weighted by atomic mass is 10.2. The van der Waals surface area contributed by atoms with Crippen molar-refractivity contribution in [2.75, 3.05) is 23.8 Å². The molecule has 1 atom stereocenters. The number of rotatable bonds is 5. The number of benzene rings is 1. The fraction of sp³-hybridized carbons (Fsp3) is 0.294. The number of carbonyl (C=O) groups is 1. The molecule has 1 unspecified atom stereocenters. The van der Waals surface area contributed by atoms with Gasteiger partial charge in [0.05, 0.1) is 11.7 Å². The highest BCUT2D eigenvalue weighted by atomic mass is 35.5. The van der Waals surface area contributed by atoms with E-state index in [1.54, 1.807) is 30.3 Å². The number of amides is 1. The molecule has 0 saturated carbocycles. The molecule has 7 heteroatoms. The van der Waals surface area contributed by atoms with E-state index in [1.165, 1.54) is 6.20 Å². The van der Waals surface area contributed by atoms with Crippen LogP contribution < -0.4 is 10.6 Å². The van der Waals surface area contributed by atoms with Crippen LogP contribution in [-0.2, 0) is 4.74 Å². The van der Waals surface area contributed by atoms with E-state index in [0.717, 1.165) is 26.0 Å². The molecule has 0 spiro atoms. The molecule has 126 valence electrons. The standard InChI is InChI=1S/C17H17Cl2N3O2/c18-12-6-13(19)8-14(7-12)22-17(23)11-3-4-16(20-9-11)21-10-15-2-1-5-24-15/h3-4,6-9,15H,1-2,5,10H2,(H,20,21)(H,22,23). The van der Waals surface area contributed by atoms with Gasteiger partial charge >= 0.3 is 0 Å². The summed E-state index contributed by atoms with van der Waals surface area (Å²) in [7, 11) is 0. The summed E-state index contributed by atoms with van der Waals surface area (Å²) in [4.78, 5) is 16.5. The maximum absolute atomic E-state index is 12.2. The number of anilines is 2. The van der Waals surface area contributed by atoms with E-state index in [9.17, 15) is 4.79 Å². The highest BCUT2D eigenvalue weighted by Gasteiger charge is 2.15. The van der Waals surface area contributed by atoms with Crippen LogP contribution in [0.5, 0.6) is 0 Å². The summed E-state index contributed by atoms with van der Waals surface area (Å²) in [6.07, 6.45) is 3.93. The van der Waals surface area contributed by atoms with Gasteiger partial charge in [-0.2, -0.15) is 0 Å². The third kappa shape index (κ3) is 4.60. The Hall–Kier alpha value is -1.82. The van der Waals surface area contributed by atoms with Crippen molar-refractivity contribution >= 4 is 40.6 Å². The lowest BCUT2D eigenvalue weighted by Gasteiger charge is -2.11. The van der Waals surface area contributed by atoms with E-state index in [4.69, 9.17) is 27.9 Å². The second-order valence-corrected chi connectivity index (χ2v) is 6.43. The van der Waals surface area contributed by atoms with Gasteiger partial charge in [-0.3, -0.25) is 4.79 Å². The first-order chi connectivity index (χ1) is 11.6. The molecule has 1 fully saturated rings. The smallest absolute Gasteiger partial charge is 0.257 e. The van der Waals surface area contributed by atoms with Crippen LogP contribution in [0.2, 0.25) is 10.0 Å². The zero-order valence-corrected chi connectivity index (χ0v) is 14.4. The summed E-state index contributed by atoms with van der Waals surface area (Å²) >= 11 is 11.8. The molecule has 0 aliphatic carbocycles. The van der Waals surface area contributed by atoms with Gasteiger partial charge in [-0.1, -0.05) is 23.2 Å². The number of nitrogens with zero attached hydrogens (tertiary/aromatic N) is 1. The number of nitrogens with one attached hydrogen (secondary N) is 2. The predicted molar refractivity (Wildman–Crippen MR) is 96.1 cm³/mol. The third-order valence-electron chi connectivity index (χ3n) is 3.68. The summed E-state index contributed by atoms with van der Waals surface area (Å²) in [5.74, 6) is 0.444. The zero-order chi connectivity index (χ0) is 16.9. The fourth-order valence-electron chi connectivity index (χ4n) is 2.49. The van der Waals surface area contributed by atoms with E-state index in [0.29, 0.717) is 27.1 Å². The van der Waals surface area contributed by atoms with Crippen molar-refractivity contribution in [2.24, 2.45) is 0 Å². The number of hydrogen-bond acceptors (Lipinski definition) is 4. The minimum absolute atomic E-state index is 0.238. The molecule has 1 aromatic heterocycles. The predicted octanol–water partition coefficient (Wildman–Crippen LogP) is 4.23. The fourth-order valence-corrected chi connectivity index (χ4v) is 3.01. The zero-order valence-electron chi connectivity index (χ0n) is 12.9. The van der Waals surface area contributed by atoms with Gasteiger partial charge in [-0.25, -0.2) is 4.98 Å². The van der Waals surface area contributed by atoms with Crippen LogP contribution in [0.25, 0.3) is 0 Å². The summed E-state index contributed by atoms with van der Waals surface area (Å²) in [5, 5.41) is 6.89. The lowest BCUT2D eigenvalue weighted by Crippen LogP contribution is -2.19. The SMILES string of the molecule is O=C(Nc1cc(Cl)cc(Cl)c1)c1ccc(NCC2CCCO2)nc1. The van der Waals surface area contributed by atoms with Crippen LogP contribution in [0.3, 0.4) is 0 Å². The summed E-state index contributed by atoms with van der Waals surface area (Å²) < 4.78 is 5.55. The first kappa shape index (κ1) is 17.0. The molecule has 0 radical (unpaired) electrons. The van der Waals surface area contributed by atoms with Crippen molar-refractivity contribution in [3.63, 3.8) is 0 Å². The van der Waals surface area contributed by atoms with E-state index in [1.807, 2.05) is 0 Å². The Bertz CT molecular complexity index is 696. The van der Waals surface area contributed by atoms with Crippen molar-refractivity contribution in [2.45, 2.75) is 18.9 Å². The van der Waals surface area contributed by atoms with Gasteiger partial charge in [-0.05, 0) is 43.2 Å². The number of carbonyl (C=O) groups excluding carboxylic acids is 1. The van der Waals surface area contributed by atoms with E-state index in [2.05, 4.69) is 15.6 Å². The average molecular weight is 366 g/mol. The quantitative estimate of drug-likeness (QED) is 0.831. The number of halogens is 2. The first-order valence-corrected chi connectivity index (χ1v) is 8.45. The molecule has 2 aromatic rings. The van der Waals surface area contributed by atoms with Crippen molar-refractivity contribution < 1.29 is 9.53 Å². The Morgan fingerprint density at radius 2 is 2.04 bits per heavy atom. The van der Waals surface area contributed by atoms with Crippen molar-refractivity contribution in [1.82, 2.24) is 4.98 Å². The molecular weight excluding hydrogens is 349 g/mol. The van der Waals surface area contributed by atoms with Gasteiger partial charge in [0.25, 0.3) is 5.91 Å². The second kappa shape index (κ2) is 7.83. The molecule has 1 aliphatic rings. The maximum Gasteiger partial charge on any atom is 0.257 e. The monoisotopic (exact) mass is 365 g/mol. The highest BCUT2D eigenvalue weighted by Crippen LogP contribution is 2.23. The second-order valence-electron chi connectivity index (χ2n) is 5.56. The number of ether oxygens (including phenoxy) is 1. The van der Waals surface area contributed by atoms with Gasteiger partial charge in [0.2, 0.25) is 0 Å². The Kier molecular flexibility index (Phi) is 5.56. The Morgan fingerprint density at radius 1 is 1.25 bits per heavy atom. The first-order valence-electron chi connectivity index (χ1n) is 7.69. The number of aromatic nitrogens is 1. The molecule has 2 N–H and O–H groups in total. The largest absolute Gasteiger partial charge is 0.376 e. The van der Waals surface area contributed by atoms with Gasteiger partial charge in [0.15, 0.2) is 0 Å². The minimum Gasteiger partial charge on any atom is -0.376 e. The molecule has 5 nitrogen and oxygen atoms in total. The van der Waals surface area contributed by atoms with Crippen LogP contribution in [0.1, 0.15) is 23.2 Å². The average Bonchev–Trinajstić information content (AvgIpc) is 3.06. The molecule has 1 amide bonds. The van der Waals surface area contributed by atoms with Crippen molar-refractivity contribution in [3.8, 4) is 0 Å². The molecule has 3 rings (SSSR count). The van der Waals surface area contributed by atoms with Gasteiger partial charge in [-0.15, -0.1) is 0 Å². The normalized spacial score (nSPS) is 16.8. The van der Waals surface area contributed by atoms with E-state index < -0.39 is 0 Å². The van der Waals surface area contributed by atoms with Crippen LogP contribution in [0, 0.1) is 0 Å². The molecule has 1 aromatic carbocycles. The van der Waals surface area contributed by atoms with E-state index >= 15 is 0 Å². The van der Waals surface area contributed by atoms with Crippen LogP contribution in [0.4, 0.5) is 11.5 Å². The molecular formula is C17H17Cl2N3O2. The summed E-state index contributed by atoms with van der Waals surface area (Å²) in [6.45, 7) is 1.55. The number of pyridine rings is 1. The van der Waals surface area contributed by atoms with Gasteiger partial charge in [0, 0.05) is 35.1 Å². The molecule has 2 heterocycles. The number of hydrogen-bond donors (Lipinski definition) is 2. The summed E-state index contributed by atoms with van der Waals surface area (Å²) in [6, 6.07) is 8.36. The minimum atomic E-state index is -0.272. The molecule has 1 aliphatic heterocycles. The molecule has 0 bridgehead atoms. The van der Waals surface area contributed by atoms with Gasteiger partial charge in [0.1, 0.15) is 5.82 Å². The third-order valence-corrected chi connectivity index (χ3v) is 4.12. The van der Waals surface area contributed by atoms with Gasteiger partial charge < -0.3 is 15.4 Å². The lowest BCUT2D eigenvalue weighted by molar-refractivity contribution is 0.102. The van der Waals surface area contributed by atoms with E-state index in [-0.39, 0.29) is 12.0 Å². The summed E-state index contributed by atoms with van der Waals surface area (Å²) in [5.41, 5.74) is 0.992. The van der Waals surface area contributed by atoms with Crippen LogP contribution in [0.15, 0.2) is 36.5 Å².